The Balaban J connectivity index is 1.77. The molecule has 1 aromatic rings. The first-order chi connectivity index (χ1) is 9.15. The summed E-state index contributed by atoms with van der Waals surface area (Å²) < 4.78 is 0. The zero-order valence-corrected chi connectivity index (χ0v) is 11.9. The molecular weight excluding hydrogens is 260 g/mol. The number of nitrogens with one attached hydrogen (secondary N) is 2. The Bertz CT molecular complexity index is 414. The highest BCUT2D eigenvalue weighted by Crippen LogP contribution is 2.22. The lowest BCUT2D eigenvalue weighted by atomic mass is 10.1. The molecule has 0 aliphatic carbocycles. The minimum absolute atomic E-state index is 0.165. The smallest absolute Gasteiger partial charge is 0.319 e. The van der Waals surface area contributed by atoms with Crippen LogP contribution in [0.3, 0.4) is 0 Å². The Hall–Kier alpha value is -1.20. The molecule has 0 bridgehead atoms. The van der Waals surface area contributed by atoms with Gasteiger partial charge in [0.1, 0.15) is 0 Å². The van der Waals surface area contributed by atoms with Gasteiger partial charge in [-0.3, -0.25) is 0 Å². The van der Waals surface area contributed by atoms with Crippen LogP contribution in [0.2, 0.25) is 0 Å². The van der Waals surface area contributed by atoms with E-state index in [9.17, 15) is 9.90 Å². The predicted octanol–water partition coefficient (Wildman–Crippen LogP) is 2.61. The fourth-order valence-corrected chi connectivity index (χ4v) is 3.29. The molecule has 19 heavy (non-hydrogen) atoms. The molecule has 2 unspecified atom stereocenters. The summed E-state index contributed by atoms with van der Waals surface area (Å²) in [6.45, 7) is 2.46. The molecule has 0 spiro atoms. The minimum Gasteiger partial charge on any atom is -0.389 e. The average molecular weight is 280 g/mol. The largest absolute Gasteiger partial charge is 0.389 e. The van der Waals surface area contributed by atoms with E-state index < -0.39 is 6.10 Å². The molecule has 1 aromatic carbocycles. The lowest BCUT2D eigenvalue weighted by Gasteiger charge is -2.12. The molecule has 4 nitrogen and oxygen atoms in total. The van der Waals surface area contributed by atoms with Crippen molar-refractivity contribution in [3.63, 3.8) is 0 Å². The molecule has 5 heteroatoms. The third-order valence-corrected chi connectivity index (χ3v) is 4.46. The van der Waals surface area contributed by atoms with Crippen LogP contribution in [-0.4, -0.2) is 29.2 Å². The van der Waals surface area contributed by atoms with Crippen molar-refractivity contribution in [3.8, 4) is 0 Å². The van der Waals surface area contributed by atoms with Gasteiger partial charge < -0.3 is 15.7 Å². The minimum atomic E-state index is -0.484. The number of benzene rings is 1. The van der Waals surface area contributed by atoms with Crippen molar-refractivity contribution in [3.05, 3.63) is 29.8 Å². The van der Waals surface area contributed by atoms with Crippen molar-refractivity contribution < 1.29 is 9.90 Å². The van der Waals surface area contributed by atoms with Crippen molar-refractivity contribution in [2.75, 3.05) is 23.4 Å². The van der Waals surface area contributed by atoms with Crippen LogP contribution in [0.1, 0.15) is 25.0 Å². The molecule has 0 radical (unpaired) electrons. The molecule has 0 saturated carbocycles. The van der Waals surface area contributed by atoms with Gasteiger partial charge in [-0.2, -0.15) is 11.8 Å². The van der Waals surface area contributed by atoms with Gasteiger partial charge in [0.2, 0.25) is 0 Å². The van der Waals surface area contributed by atoms with Gasteiger partial charge in [0.25, 0.3) is 0 Å². The third-order valence-electron chi connectivity index (χ3n) is 3.23. The number of hydrogen-bond acceptors (Lipinski definition) is 3. The lowest BCUT2D eigenvalue weighted by Crippen LogP contribution is -2.33. The second-order valence-electron chi connectivity index (χ2n) is 4.86. The van der Waals surface area contributed by atoms with E-state index >= 15 is 0 Å². The van der Waals surface area contributed by atoms with Crippen LogP contribution in [0, 0.1) is 5.92 Å². The number of aliphatic hydroxyl groups excluding tert-OH is 1. The van der Waals surface area contributed by atoms with Crippen molar-refractivity contribution >= 4 is 23.5 Å². The molecule has 0 aromatic heterocycles. The molecule has 2 rings (SSSR count). The van der Waals surface area contributed by atoms with Crippen LogP contribution in [0.4, 0.5) is 10.5 Å². The van der Waals surface area contributed by atoms with E-state index in [1.54, 1.807) is 19.1 Å². The van der Waals surface area contributed by atoms with Crippen molar-refractivity contribution in [2.45, 2.75) is 19.4 Å². The standard InChI is InChI=1S/C14H20N2O2S/c1-10(17)12-2-4-13(5-3-12)16-14(18)15-8-11-6-7-19-9-11/h2-5,10-11,17H,6-9H2,1H3,(H2,15,16,18). The number of rotatable bonds is 4. The number of aliphatic hydroxyl groups is 1. The summed E-state index contributed by atoms with van der Waals surface area (Å²) in [5.74, 6) is 2.95. The van der Waals surface area contributed by atoms with E-state index in [0.29, 0.717) is 5.92 Å². The average Bonchev–Trinajstić information content (AvgIpc) is 2.90. The summed E-state index contributed by atoms with van der Waals surface area (Å²) in [6, 6.07) is 7.06. The van der Waals surface area contributed by atoms with Gasteiger partial charge in [-0.15, -0.1) is 0 Å². The van der Waals surface area contributed by atoms with Crippen molar-refractivity contribution in [2.24, 2.45) is 5.92 Å². The Morgan fingerprint density at radius 1 is 1.47 bits per heavy atom. The van der Waals surface area contributed by atoms with E-state index in [4.69, 9.17) is 0 Å². The fourth-order valence-electron chi connectivity index (χ4n) is 2.00. The summed E-state index contributed by atoms with van der Waals surface area (Å²) in [7, 11) is 0. The molecule has 2 amide bonds. The number of carbonyl (C=O) groups is 1. The first-order valence-electron chi connectivity index (χ1n) is 6.56. The van der Waals surface area contributed by atoms with Gasteiger partial charge in [-0.1, -0.05) is 12.1 Å². The predicted molar refractivity (Wildman–Crippen MR) is 79.5 cm³/mol. The third kappa shape index (κ3) is 4.44. The van der Waals surface area contributed by atoms with Crippen LogP contribution in [0.5, 0.6) is 0 Å². The Morgan fingerprint density at radius 3 is 2.79 bits per heavy atom. The lowest BCUT2D eigenvalue weighted by molar-refractivity contribution is 0.199. The molecule has 1 fully saturated rings. The molecule has 3 N–H and O–H groups in total. The van der Waals surface area contributed by atoms with Crippen LogP contribution < -0.4 is 10.6 Å². The van der Waals surface area contributed by atoms with E-state index in [1.165, 1.54) is 12.2 Å². The molecule has 2 atom stereocenters. The highest BCUT2D eigenvalue weighted by molar-refractivity contribution is 7.99. The van der Waals surface area contributed by atoms with E-state index in [0.717, 1.165) is 23.5 Å². The van der Waals surface area contributed by atoms with E-state index in [-0.39, 0.29) is 6.03 Å². The molecule has 104 valence electrons. The SMILES string of the molecule is CC(O)c1ccc(NC(=O)NCC2CCSC2)cc1. The number of hydrogen-bond donors (Lipinski definition) is 3. The Labute approximate surface area is 118 Å². The molecule has 1 heterocycles. The van der Waals surface area contributed by atoms with Crippen LogP contribution >= 0.6 is 11.8 Å². The fraction of sp³-hybridized carbons (Fsp3) is 0.500. The first kappa shape index (κ1) is 14.2. The first-order valence-corrected chi connectivity index (χ1v) is 7.71. The maximum Gasteiger partial charge on any atom is 0.319 e. The maximum atomic E-state index is 11.7. The zero-order valence-electron chi connectivity index (χ0n) is 11.1. The Kier molecular flexibility index (Phi) is 5.10. The molecule has 1 saturated heterocycles. The second-order valence-corrected chi connectivity index (χ2v) is 6.01. The van der Waals surface area contributed by atoms with Gasteiger partial charge in [0, 0.05) is 12.2 Å². The monoisotopic (exact) mass is 280 g/mol. The van der Waals surface area contributed by atoms with Gasteiger partial charge in [0.05, 0.1) is 6.10 Å². The molecular formula is C14H20N2O2S. The Morgan fingerprint density at radius 2 is 2.21 bits per heavy atom. The van der Waals surface area contributed by atoms with Gasteiger partial charge in [-0.25, -0.2) is 4.79 Å². The second kappa shape index (κ2) is 6.82. The van der Waals surface area contributed by atoms with Crippen LogP contribution in [0.25, 0.3) is 0 Å². The number of thioether (sulfide) groups is 1. The number of amides is 2. The normalized spacial score (nSPS) is 20.0. The summed E-state index contributed by atoms with van der Waals surface area (Å²) in [5.41, 5.74) is 1.58. The number of carbonyl (C=O) groups excluding carboxylic acids is 1. The highest BCUT2D eigenvalue weighted by atomic mass is 32.2. The van der Waals surface area contributed by atoms with Gasteiger partial charge in [-0.05, 0) is 48.5 Å². The summed E-state index contributed by atoms with van der Waals surface area (Å²) in [6.07, 6.45) is 0.705. The number of anilines is 1. The van der Waals surface area contributed by atoms with E-state index in [2.05, 4.69) is 10.6 Å². The van der Waals surface area contributed by atoms with E-state index in [1.807, 2.05) is 23.9 Å². The molecule has 1 aliphatic heterocycles. The quantitative estimate of drug-likeness (QED) is 0.794. The van der Waals surface area contributed by atoms with Crippen LogP contribution in [0.15, 0.2) is 24.3 Å². The van der Waals surface area contributed by atoms with Gasteiger partial charge >= 0.3 is 6.03 Å². The summed E-state index contributed by atoms with van der Waals surface area (Å²) in [4.78, 5) is 11.7. The highest BCUT2D eigenvalue weighted by Gasteiger charge is 2.16. The van der Waals surface area contributed by atoms with Crippen LogP contribution in [-0.2, 0) is 0 Å². The number of urea groups is 1. The summed E-state index contributed by atoms with van der Waals surface area (Å²) >= 11 is 1.95. The van der Waals surface area contributed by atoms with Crippen molar-refractivity contribution in [1.82, 2.24) is 5.32 Å². The van der Waals surface area contributed by atoms with Gasteiger partial charge in [0.15, 0.2) is 0 Å². The zero-order chi connectivity index (χ0) is 13.7. The summed E-state index contributed by atoms with van der Waals surface area (Å²) in [5, 5.41) is 15.1. The van der Waals surface area contributed by atoms with Crippen molar-refractivity contribution in [1.29, 1.82) is 0 Å². The maximum absolute atomic E-state index is 11.7. The topological polar surface area (TPSA) is 61.4 Å². The molecule has 1 aliphatic rings.